The summed E-state index contributed by atoms with van der Waals surface area (Å²) in [4.78, 5) is 12.3. The summed E-state index contributed by atoms with van der Waals surface area (Å²) in [7, 11) is 0. The van der Waals surface area contributed by atoms with E-state index in [9.17, 15) is 18.0 Å². The zero-order valence-corrected chi connectivity index (χ0v) is 15.4. The largest absolute Gasteiger partial charge is 0.488 e. The van der Waals surface area contributed by atoms with Crippen molar-refractivity contribution >= 4 is 11.0 Å². The first-order chi connectivity index (χ1) is 13.3. The zero-order chi connectivity index (χ0) is 19.9. The molecule has 2 aromatic carbocycles. The van der Waals surface area contributed by atoms with Gasteiger partial charge in [-0.2, -0.15) is 13.2 Å². The second-order valence-corrected chi connectivity index (χ2v) is 7.18. The van der Waals surface area contributed by atoms with Crippen molar-refractivity contribution < 1.29 is 22.3 Å². The van der Waals surface area contributed by atoms with Crippen LogP contribution in [0.15, 0.2) is 45.6 Å². The molecule has 1 heterocycles. The summed E-state index contributed by atoms with van der Waals surface area (Å²) in [6.07, 6.45) is -1.04. The van der Waals surface area contributed by atoms with E-state index in [2.05, 4.69) is 0 Å². The number of halogens is 3. The smallest absolute Gasteiger partial charge is 0.416 e. The molecule has 1 aromatic heterocycles. The Balaban J connectivity index is 1.74. The number of rotatable bonds is 3. The molecule has 0 amide bonds. The van der Waals surface area contributed by atoms with E-state index in [0.29, 0.717) is 28.9 Å². The van der Waals surface area contributed by atoms with Crippen molar-refractivity contribution in [3.63, 3.8) is 0 Å². The molecule has 0 unspecified atom stereocenters. The maximum Gasteiger partial charge on any atom is 0.416 e. The number of aryl methyl sites for hydroxylation is 2. The lowest BCUT2D eigenvalue weighted by Gasteiger charge is -2.19. The van der Waals surface area contributed by atoms with Crippen LogP contribution in [0.3, 0.4) is 0 Å². The van der Waals surface area contributed by atoms with Crippen LogP contribution in [0.4, 0.5) is 13.2 Å². The van der Waals surface area contributed by atoms with Crippen LogP contribution in [0.25, 0.3) is 11.0 Å². The van der Waals surface area contributed by atoms with Gasteiger partial charge < -0.3 is 9.15 Å². The third kappa shape index (κ3) is 3.51. The van der Waals surface area contributed by atoms with Gasteiger partial charge in [0.1, 0.15) is 17.9 Å². The van der Waals surface area contributed by atoms with E-state index in [0.717, 1.165) is 47.9 Å². The first-order valence-electron chi connectivity index (χ1n) is 9.21. The Morgan fingerprint density at radius 3 is 2.57 bits per heavy atom. The van der Waals surface area contributed by atoms with Crippen molar-refractivity contribution in [3.8, 4) is 5.75 Å². The van der Waals surface area contributed by atoms with E-state index in [1.165, 1.54) is 6.07 Å². The molecule has 0 bridgehead atoms. The summed E-state index contributed by atoms with van der Waals surface area (Å²) in [6.45, 7) is 1.85. The lowest BCUT2D eigenvalue weighted by atomic mass is 9.90. The molecule has 0 radical (unpaired) electrons. The lowest BCUT2D eigenvalue weighted by molar-refractivity contribution is -0.137. The maximum absolute atomic E-state index is 12.9. The molecule has 0 saturated carbocycles. The molecular formula is C22H19F3O3. The highest BCUT2D eigenvalue weighted by molar-refractivity contribution is 5.88. The highest BCUT2D eigenvalue weighted by atomic mass is 19.4. The summed E-state index contributed by atoms with van der Waals surface area (Å²) in [5.74, 6) is 0.536. The average Bonchev–Trinajstić information content (AvgIpc) is 2.65. The minimum absolute atomic E-state index is 0.00360. The van der Waals surface area contributed by atoms with Crippen molar-refractivity contribution in [2.75, 3.05) is 0 Å². The van der Waals surface area contributed by atoms with Gasteiger partial charge in [-0.15, -0.1) is 0 Å². The molecule has 6 heteroatoms. The topological polar surface area (TPSA) is 39.4 Å². The molecule has 146 valence electrons. The van der Waals surface area contributed by atoms with Crippen LogP contribution < -0.4 is 10.4 Å². The fraction of sp³-hybridized carbons (Fsp3) is 0.318. The third-order valence-electron chi connectivity index (χ3n) is 5.08. The maximum atomic E-state index is 12.9. The number of ether oxygens (including phenoxy) is 1. The Labute approximate surface area is 159 Å². The van der Waals surface area contributed by atoms with Crippen LogP contribution in [0, 0.1) is 6.92 Å². The van der Waals surface area contributed by atoms with Gasteiger partial charge >= 0.3 is 11.8 Å². The Morgan fingerprint density at radius 1 is 1.07 bits per heavy atom. The Kier molecular flexibility index (Phi) is 4.65. The van der Waals surface area contributed by atoms with Crippen molar-refractivity contribution in [2.45, 2.75) is 45.4 Å². The monoisotopic (exact) mass is 388 g/mol. The van der Waals surface area contributed by atoms with Crippen molar-refractivity contribution in [1.29, 1.82) is 0 Å². The molecule has 0 atom stereocenters. The normalized spacial score (nSPS) is 14.1. The molecule has 1 aliphatic carbocycles. The van der Waals surface area contributed by atoms with Crippen LogP contribution >= 0.6 is 0 Å². The molecule has 0 spiro atoms. The number of alkyl halides is 3. The van der Waals surface area contributed by atoms with E-state index in [1.54, 1.807) is 12.1 Å². The molecular weight excluding hydrogens is 369 g/mol. The van der Waals surface area contributed by atoms with Crippen LogP contribution in [0.1, 0.15) is 40.7 Å². The van der Waals surface area contributed by atoms with E-state index >= 15 is 0 Å². The lowest BCUT2D eigenvalue weighted by Crippen LogP contribution is -2.16. The number of benzene rings is 2. The van der Waals surface area contributed by atoms with Gasteiger partial charge in [0.25, 0.3) is 0 Å². The fourth-order valence-electron chi connectivity index (χ4n) is 3.78. The summed E-state index contributed by atoms with van der Waals surface area (Å²) in [5, 5.41) is 0.756. The SMILES string of the molecule is Cc1cc(OCc2cccc(C(F)(F)F)c2)c2c3c(c(=O)oc2c1)CCCC3. The Hall–Kier alpha value is -2.76. The summed E-state index contributed by atoms with van der Waals surface area (Å²) in [5.41, 5.74) is 2.36. The van der Waals surface area contributed by atoms with E-state index < -0.39 is 11.7 Å². The minimum atomic E-state index is -4.39. The molecule has 3 aromatic rings. The predicted octanol–water partition coefficient (Wildman–Crippen LogP) is 5.58. The van der Waals surface area contributed by atoms with Gasteiger partial charge in [-0.25, -0.2) is 4.79 Å². The molecule has 0 saturated heterocycles. The van der Waals surface area contributed by atoms with Gasteiger partial charge in [0, 0.05) is 5.56 Å². The second kappa shape index (κ2) is 7.00. The highest BCUT2D eigenvalue weighted by Gasteiger charge is 2.30. The molecule has 28 heavy (non-hydrogen) atoms. The fourth-order valence-corrected chi connectivity index (χ4v) is 3.78. The predicted molar refractivity (Wildman–Crippen MR) is 99.6 cm³/mol. The Morgan fingerprint density at radius 2 is 1.82 bits per heavy atom. The highest BCUT2D eigenvalue weighted by Crippen LogP contribution is 2.35. The number of hydrogen-bond donors (Lipinski definition) is 0. The van der Waals surface area contributed by atoms with Crippen molar-refractivity contribution in [1.82, 2.24) is 0 Å². The van der Waals surface area contributed by atoms with Gasteiger partial charge in [0.15, 0.2) is 0 Å². The summed E-state index contributed by atoms with van der Waals surface area (Å²) in [6, 6.07) is 8.73. The number of hydrogen-bond acceptors (Lipinski definition) is 3. The minimum Gasteiger partial charge on any atom is -0.488 e. The molecule has 4 rings (SSSR count). The second-order valence-electron chi connectivity index (χ2n) is 7.18. The first-order valence-corrected chi connectivity index (χ1v) is 9.21. The van der Waals surface area contributed by atoms with Gasteiger partial charge in [-0.3, -0.25) is 0 Å². The van der Waals surface area contributed by atoms with Gasteiger partial charge in [0.05, 0.1) is 10.9 Å². The van der Waals surface area contributed by atoms with Gasteiger partial charge in [-0.1, -0.05) is 12.1 Å². The van der Waals surface area contributed by atoms with Crippen LogP contribution in [0.2, 0.25) is 0 Å². The summed E-state index contributed by atoms with van der Waals surface area (Å²) >= 11 is 0. The summed E-state index contributed by atoms with van der Waals surface area (Å²) < 4.78 is 50.3. The van der Waals surface area contributed by atoms with Crippen molar-refractivity contribution in [2.24, 2.45) is 0 Å². The van der Waals surface area contributed by atoms with Crippen molar-refractivity contribution in [3.05, 3.63) is 74.6 Å². The average molecular weight is 388 g/mol. The van der Waals surface area contributed by atoms with Gasteiger partial charge in [-0.05, 0) is 73.6 Å². The van der Waals surface area contributed by atoms with E-state index in [4.69, 9.17) is 9.15 Å². The van der Waals surface area contributed by atoms with Crippen LogP contribution in [-0.4, -0.2) is 0 Å². The molecule has 0 N–H and O–H groups in total. The third-order valence-corrected chi connectivity index (χ3v) is 5.08. The van der Waals surface area contributed by atoms with Gasteiger partial charge in [0.2, 0.25) is 0 Å². The van der Waals surface area contributed by atoms with E-state index in [1.807, 2.05) is 13.0 Å². The van der Waals surface area contributed by atoms with E-state index in [-0.39, 0.29) is 12.2 Å². The quantitative estimate of drug-likeness (QED) is 0.550. The molecule has 0 fully saturated rings. The first kappa shape index (κ1) is 18.6. The van der Waals surface area contributed by atoms with Crippen LogP contribution in [0.5, 0.6) is 5.75 Å². The number of fused-ring (bicyclic) bond motifs is 3. The Bertz CT molecular complexity index is 1100. The molecule has 1 aliphatic rings. The molecule has 3 nitrogen and oxygen atoms in total. The van der Waals surface area contributed by atoms with Crippen LogP contribution in [-0.2, 0) is 25.6 Å². The molecule has 0 aliphatic heterocycles. The standard InChI is InChI=1S/C22H19F3O3/c1-13-9-18(27-12-14-5-4-6-15(11-14)22(23,24)25)20-16-7-2-3-8-17(16)21(26)28-19(20)10-13/h4-6,9-11H,2-3,7-8,12H2,1H3. The zero-order valence-electron chi connectivity index (χ0n) is 15.4.